The van der Waals surface area contributed by atoms with Crippen LogP contribution in [0.1, 0.15) is 6.92 Å². The first-order chi connectivity index (χ1) is 6.00. The monoisotopic (exact) mass is 193 g/mol. The smallest absolute Gasteiger partial charge is 0.308 e. The first kappa shape index (κ1) is 10.4. The van der Waals surface area contributed by atoms with E-state index >= 15 is 0 Å². The van der Waals surface area contributed by atoms with Crippen molar-refractivity contribution < 1.29 is 18.7 Å². The second-order valence-corrected chi connectivity index (χ2v) is 3.53. The molecule has 0 bridgehead atoms. The molecule has 0 aliphatic carbocycles. The summed E-state index contributed by atoms with van der Waals surface area (Å²) in [5.74, 6) is -1.40. The molecule has 1 aliphatic heterocycles. The molecule has 1 aliphatic rings. The van der Waals surface area contributed by atoms with E-state index in [4.69, 9.17) is 5.11 Å². The van der Waals surface area contributed by atoms with Crippen LogP contribution in [-0.4, -0.2) is 42.0 Å². The van der Waals surface area contributed by atoms with Crippen molar-refractivity contribution in [1.82, 2.24) is 4.90 Å². The predicted molar refractivity (Wildman–Crippen MR) is 42.7 cm³/mol. The standard InChI is InChI=1S/C8H13F2NO2/c1-5-2-11(4-7(9)10)3-6(5)8(12)13/h5-7H,2-4H2,1H3,(H,12,13)/t5-,6-/m1/s1. The highest BCUT2D eigenvalue weighted by molar-refractivity contribution is 5.71. The summed E-state index contributed by atoms with van der Waals surface area (Å²) >= 11 is 0. The molecule has 0 aromatic rings. The maximum atomic E-state index is 12.0. The number of carbonyl (C=O) groups is 1. The molecule has 0 amide bonds. The molecule has 1 N–H and O–H groups in total. The second kappa shape index (κ2) is 4.00. The number of rotatable bonds is 3. The van der Waals surface area contributed by atoms with Gasteiger partial charge in [0.2, 0.25) is 0 Å². The fourth-order valence-corrected chi connectivity index (χ4v) is 1.73. The van der Waals surface area contributed by atoms with Crippen molar-refractivity contribution in [3.63, 3.8) is 0 Å². The summed E-state index contributed by atoms with van der Waals surface area (Å²) in [6.45, 7) is 2.18. The van der Waals surface area contributed by atoms with Crippen LogP contribution in [0.15, 0.2) is 0 Å². The highest BCUT2D eigenvalue weighted by Crippen LogP contribution is 2.23. The van der Waals surface area contributed by atoms with Gasteiger partial charge in [-0.1, -0.05) is 6.92 Å². The molecule has 0 unspecified atom stereocenters. The highest BCUT2D eigenvalue weighted by atomic mass is 19.3. The van der Waals surface area contributed by atoms with Crippen LogP contribution in [0.4, 0.5) is 8.78 Å². The van der Waals surface area contributed by atoms with Crippen molar-refractivity contribution in [2.45, 2.75) is 13.3 Å². The van der Waals surface area contributed by atoms with Crippen LogP contribution in [0.5, 0.6) is 0 Å². The highest BCUT2D eigenvalue weighted by Gasteiger charge is 2.35. The molecule has 1 heterocycles. The summed E-state index contributed by atoms with van der Waals surface area (Å²) in [5, 5.41) is 8.72. The van der Waals surface area contributed by atoms with Gasteiger partial charge in [0.1, 0.15) is 0 Å². The normalized spacial score (nSPS) is 29.8. The van der Waals surface area contributed by atoms with Gasteiger partial charge in [0.25, 0.3) is 6.43 Å². The Morgan fingerprint density at radius 1 is 1.62 bits per heavy atom. The average Bonchev–Trinajstić information content (AvgIpc) is 2.29. The lowest BCUT2D eigenvalue weighted by molar-refractivity contribution is -0.142. The minimum atomic E-state index is -2.38. The Balaban J connectivity index is 2.45. The lowest BCUT2D eigenvalue weighted by atomic mass is 9.99. The Labute approximate surface area is 75.3 Å². The third-order valence-corrected chi connectivity index (χ3v) is 2.40. The zero-order valence-electron chi connectivity index (χ0n) is 7.41. The molecular weight excluding hydrogens is 180 g/mol. The number of aliphatic carboxylic acids is 1. The third-order valence-electron chi connectivity index (χ3n) is 2.40. The molecule has 5 heteroatoms. The molecule has 0 spiro atoms. The van der Waals surface area contributed by atoms with Gasteiger partial charge in [-0.25, -0.2) is 8.78 Å². The summed E-state index contributed by atoms with van der Waals surface area (Å²) in [7, 11) is 0. The Hall–Kier alpha value is -0.710. The van der Waals surface area contributed by atoms with E-state index in [0.717, 1.165) is 0 Å². The van der Waals surface area contributed by atoms with E-state index in [1.54, 1.807) is 6.92 Å². The number of alkyl halides is 2. The van der Waals surface area contributed by atoms with Crippen LogP contribution >= 0.6 is 0 Å². The van der Waals surface area contributed by atoms with E-state index < -0.39 is 18.3 Å². The zero-order chi connectivity index (χ0) is 10.0. The Bertz CT molecular complexity index is 199. The van der Waals surface area contributed by atoms with E-state index in [0.29, 0.717) is 6.54 Å². The number of nitrogens with zero attached hydrogens (tertiary/aromatic N) is 1. The zero-order valence-corrected chi connectivity index (χ0v) is 7.41. The molecule has 1 saturated heterocycles. The maximum Gasteiger partial charge on any atom is 0.308 e. The Morgan fingerprint density at radius 2 is 2.23 bits per heavy atom. The lowest BCUT2D eigenvalue weighted by Crippen LogP contribution is -2.27. The Morgan fingerprint density at radius 3 is 2.62 bits per heavy atom. The first-order valence-corrected chi connectivity index (χ1v) is 4.24. The number of halogens is 2. The predicted octanol–water partition coefficient (Wildman–Crippen LogP) is 0.904. The van der Waals surface area contributed by atoms with Gasteiger partial charge in [0.05, 0.1) is 12.5 Å². The first-order valence-electron chi connectivity index (χ1n) is 4.24. The van der Waals surface area contributed by atoms with E-state index in [9.17, 15) is 13.6 Å². The van der Waals surface area contributed by atoms with Crippen molar-refractivity contribution >= 4 is 5.97 Å². The van der Waals surface area contributed by atoms with Gasteiger partial charge in [0.15, 0.2) is 0 Å². The van der Waals surface area contributed by atoms with Crippen LogP contribution < -0.4 is 0 Å². The van der Waals surface area contributed by atoms with Gasteiger partial charge < -0.3 is 5.11 Å². The van der Waals surface area contributed by atoms with Crippen LogP contribution in [0, 0.1) is 11.8 Å². The Kier molecular flexibility index (Phi) is 3.19. The largest absolute Gasteiger partial charge is 0.481 e. The molecule has 0 saturated carbocycles. The molecule has 13 heavy (non-hydrogen) atoms. The van der Waals surface area contributed by atoms with Crippen LogP contribution in [0.25, 0.3) is 0 Å². The van der Waals surface area contributed by atoms with Crippen molar-refractivity contribution in [2.24, 2.45) is 11.8 Å². The molecule has 0 aromatic carbocycles. The number of hydrogen-bond donors (Lipinski definition) is 1. The fourth-order valence-electron chi connectivity index (χ4n) is 1.73. The number of hydrogen-bond acceptors (Lipinski definition) is 2. The third kappa shape index (κ3) is 2.62. The summed E-state index contributed by atoms with van der Waals surface area (Å²) < 4.78 is 23.9. The molecule has 3 nitrogen and oxygen atoms in total. The number of likely N-dealkylation sites (tertiary alicyclic amines) is 1. The number of carboxylic acid groups (broad SMARTS) is 1. The lowest BCUT2D eigenvalue weighted by Gasteiger charge is -2.13. The molecule has 0 aromatic heterocycles. The summed E-state index contributed by atoms with van der Waals surface area (Å²) in [5.41, 5.74) is 0. The molecule has 76 valence electrons. The topological polar surface area (TPSA) is 40.5 Å². The van der Waals surface area contributed by atoms with Crippen molar-refractivity contribution in [1.29, 1.82) is 0 Å². The van der Waals surface area contributed by atoms with Crippen LogP contribution in [-0.2, 0) is 4.79 Å². The van der Waals surface area contributed by atoms with Gasteiger partial charge in [-0.2, -0.15) is 0 Å². The molecular formula is C8H13F2NO2. The van der Waals surface area contributed by atoms with Crippen LogP contribution in [0.3, 0.4) is 0 Å². The van der Waals surface area contributed by atoms with Gasteiger partial charge in [-0.05, 0) is 5.92 Å². The maximum absolute atomic E-state index is 12.0. The summed E-state index contributed by atoms with van der Waals surface area (Å²) in [4.78, 5) is 12.1. The second-order valence-electron chi connectivity index (χ2n) is 3.53. The quantitative estimate of drug-likeness (QED) is 0.724. The van der Waals surface area contributed by atoms with Gasteiger partial charge in [-0.15, -0.1) is 0 Å². The fraction of sp³-hybridized carbons (Fsp3) is 0.875. The minimum Gasteiger partial charge on any atom is -0.481 e. The van der Waals surface area contributed by atoms with Crippen molar-refractivity contribution in [2.75, 3.05) is 19.6 Å². The van der Waals surface area contributed by atoms with Gasteiger partial charge >= 0.3 is 5.97 Å². The van der Waals surface area contributed by atoms with Crippen molar-refractivity contribution in [3.8, 4) is 0 Å². The van der Waals surface area contributed by atoms with Gasteiger partial charge in [0, 0.05) is 13.1 Å². The SMILES string of the molecule is C[C@@H]1CN(CC(F)F)C[C@H]1C(=O)O. The molecule has 1 rings (SSSR count). The van der Waals surface area contributed by atoms with E-state index in [-0.39, 0.29) is 19.0 Å². The van der Waals surface area contributed by atoms with E-state index in [1.165, 1.54) is 4.90 Å². The minimum absolute atomic E-state index is 0.0313. The number of carboxylic acids is 1. The molecule has 1 fully saturated rings. The summed E-state index contributed by atoms with van der Waals surface area (Å²) in [6.07, 6.45) is -2.38. The van der Waals surface area contributed by atoms with Crippen LogP contribution in [0.2, 0.25) is 0 Å². The molecule has 0 radical (unpaired) electrons. The summed E-state index contributed by atoms with van der Waals surface area (Å²) in [6, 6.07) is 0. The van der Waals surface area contributed by atoms with Gasteiger partial charge in [-0.3, -0.25) is 9.69 Å². The van der Waals surface area contributed by atoms with E-state index in [2.05, 4.69) is 0 Å². The van der Waals surface area contributed by atoms with E-state index in [1.807, 2.05) is 0 Å². The molecule has 2 atom stereocenters. The average molecular weight is 193 g/mol. The van der Waals surface area contributed by atoms with Crippen molar-refractivity contribution in [3.05, 3.63) is 0 Å².